The van der Waals surface area contributed by atoms with Crippen LogP contribution in [0, 0.1) is 0 Å². The second-order valence-electron chi connectivity index (χ2n) is 7.53. The van der Waals surface area contributed by atoms with E-state index in [4.69, 9.17) is 9.47 Å². The molecule has 0 aliphatic rings. The number of hydrogen-bond donors (Lipinski definition) is 1. The summed E-state index contributed by atoms with van der Waals surface area (Å²) in [5.41, 5.74) is 0.128. The van der Waals surface area contributed by atoms with Crippen molar-refractivity contribution in [1.29, 1.82) is 0 Å². The minimum absolute atomic E-state index is 0.0000976. The van der Waals surface area contributed by atoms with Gasteiger partial charge in [0.15, 0.2) is 6.61 Å². The Balaban J connectivity index is 2.10. The molecule has 2 rings (SSSR count). The fourth-order valence-corrected chi connectivity index (χ4v) is 3.86. The number of rotatable bonds is 9. The van der Waals surface area contributed by atoms with Gasteiger partial charge >= 0.3 is 5.97 Å². The second-order valence-corrected chi connectivity index (χ2v) is 9.50. The first-order valence-corrected chi connectivity index (χ1v) is 11.2. The maximum atomic E-state index is 13.0. The van der Waals surface area contributed by atoms with Gasteiger partial charge < -0.3 is 14.8 Å². The molecule has 0 atom stereocenters. The fraction of sp³-hybridized carbons (Fsp3) is 0.364. The van der Waals surface area contributed by atoms with E-state index in [1.54, 1.807) is 24.3 Å². The van der Waals surface area contributed by atoms with E-state index in [1.165, 1.54) is 38.4 Å². The molecule has 9 heteroatoms. The maximum absolute atomic E-state index is 13.0. The summed E-state index contributed by atoms with van der Waals surface area (Å²) in [6.07, 6.45) is 0.728. The second kappa shape index (κ2) is 9.82. The Labute approximate surface area is 183 Å². The zero-order chi connectivity index (χ0) is 23.2. The van der Waals surface area contributed by atoms with Gasteiger partial charge in [0, 0.05) is 12.6 Å². The highest BCUT2D eigenvalue weighted by Crippen LogP contribution is 2.30. The number of ether oxygens (including phenoxy) is 2. The molecule has 1 amide bonds. The van der Waals surface area contributed by atoms with Crippen molar-refractivity contribution in [3.05, 3.63) is 54.1 Å². The van der Waals surface area contributed by atoms with Gasteiger partial charge in [-0.25, -0.2) is 13.2 Å². The molecule has 0 aromatic heterocycles. The summed E-state index contributed by atoms with van der Waals surface area (Å²) in [6, 6.07) is 12.1. The number of carbonyl (C=O) groups excluding carboxylic acids is 2. The summed E-state index contributed by atoms with van der Waals surface area (Å²) < 4.78 is 37.3. The maximum Gasteiger partial charge on any atom is 0.338 e. The van der Waals surface area contributed by atoms with Crippen LogP contribution in [0.1, 0.15) is 37.6 Å². The summed E-state index contributed by atoms with van der Waals surface area (Å²) in [7, 11) is -0.995. The summed E-state index contributed by atoms with van der Waals surface area (Å²) >= 11 is 0. The molecule has 0 heterocycles. The third-order valence-corrected chi connectivity index (χ3v) is 6.65. The van der Waals surface area contributed by atoms with Crippen molar-refractivity contribution in [2.24, 2.45) is 0 Å². The van der Waals surface area contributed by atoms with Crippen LogP contribution in [0.15, 0.2) is 53.4 Å². The van der Waals surface area contributed by atoms with Gasteiger partial charge in [-0.05, 0) is 56.7 Å². The molecule has 2 aromatic carbocycles. The first-order valence-electron chi connectivity index (χ1n) is 9.72. The Hall–Kier alpha value is -3.07. The van der Waals surface area contributed by atoms with Crippen LogP contribution in [0.25, 0.3) is 0 Å². The molecule has 0 aliphatic carbocycles. The molecule has 0 aliphatic heterocycles. The number of esters is 1. The average molecular weight is 449 g/mol. The Bertz CT molecular complexity index is 1030. The summed E-state index contributed by atoms with van der Waals surface area (Å²) in [6.45, 7) is 5.26. The Morgan fingerprint density at radius 1 is 1.06 bits per heavy atom. The van der Waals surface area contributed by atoms with Crippen molar-refractivity contribution < 1.29 is 27.5 Å². The minimum atomic E-state index is -3.88. The number of anilines is 1. The number of hydrogen-bond acceptors (Lipinski definition) is 6. The van der Waals surface area contributed by atoms with Crippen molar-refractivity contribution in [2.45, 2.75) is 37.6 Å². The minimum Gasteiger partial charge on any atom is -0.495 e. The highest BCUT2D eigenvalue weighted by molar-refractivity contribution is 7.92. The molecule has 1 N–H and O–H groups in total. The molecule has 2 aromatic rings. The Morgan fingerprint density at radius 2 is 1.68 bits per heavy atom. The summed E-state index contributed by atoms with van der Waals surface area (Å²) in [5.74, 6) is -0.706. The van der Waals surface area contributed by atoms with Crippen molar-refractivity contribution in [3.8, 4) is 5.75 Å². The summed E-state index contributed by atoms with van der Waals surface area (Å²) in [4.78, 5) is 24.1. The number of methoxy groups -OCH3 is 1. The number of sulfonamides is 1. The first kappa shape index (κ1) is 24.2. The lowest BCUT2D eigenvalue weighted by atomic mass is 10.0. The molecule has 0 radical (unpaired) electrons. The van der Waals surface area contributed by atoms with E-state index in [0.29, 0.717) is 11.4 Å². The van der Waals surface area contributed by atoms with Gasteiger partial charge in [0.2, 0.25) is 0 Å². The van der Waals surface area contributed by atoms with Gasteiger partial charge in [-0.3, -0.25) is 9.10 Å². The monoisotopic (exact) mass is 448 g/mol. The number of nitrogens with zero attached hydrogens (tertiary/aromatic N) is 1. The predicted octanol–water partition coefficient (Wildman–Crippen LogP) is 2.98. The van der Waals surface area contributed by atoms with E-state index in [0.717, 1.165) is 10.7 Å². The highest BCUT2D eigenvalue weighted by atomic mass is 32.2. The topological polar surface area (TPSA) is 102 Å². The van der Waals surface area contributed by atoms with E-state index < -0.39 is 34.0 Å². The molecule has 0 spiro atoms. The largest absolute Gasteiger partial charge is 0.495 e. The SMILES string of the molecule is CCC(C)(C)NC(=O)COC(=O)c1ccc(S(=O)(=O)N(C)c2ccccc2OC)cc1. The van der Waals surface area contributed by atoms with Crippen LogP contribution in [0.2, 0.25) is 0 Å². The zero-order valence-electron chi connectivity index (χ0n) is 18.3. The number of benzene rings is 2. The van der Waals surface area contributed by atoms with Crippen molar-refractivity contribution in [2.75, 3.05) is 25.1 Å². The Kier molecular flexibility index (Phi) is 7.67. The highest BCUT2D eigenvalue weighted by Gasteiger charge is 2.24. The standard InChI is InChI=1S/C22H28N2O6S/c1-6-22(2,3)23-20(25)15-30-21(26)16-11-13-17(14-12-16)31(27,28)24(4)18-9-7-8-10-19(18)29-5/h7-14H,6,15H2,1-5H3,(H,23,25). The quantitative estimate of drug-likeness (QED) is 0.592. The van der Waals surface area contributed by atoms with Gasteiger partial charge in [-0.1, -0.05) is 19.1 Å². The molecule has 0 fully saturated rings. The van der Waals surface area contributed by atoms with Crippen LogP contribution in [-0.2, 0) is 19.6 Å². The number of para-hydroxylation sites is 2. The van der Waals surface area contributed by atoms with Crippen LogP contribution in [0.4, 0.5) is 5.69 Å². The Morgan fingerprint density at radius 3 is 2.26 bits per heavy atom. The average Bonchev–Trinajstić information content (AvgIpc) is 2.76. The van der Waals surface area contributed by atoms with Crippen LogP contribution in [0.5, 0.6) is 5.75 Å². The predicted molar refractivity (Wildman–Crippen MR) is 118 cm³/mol. The molecule has 0 saturated heterocycles. The van der Waals surface area contributed by atoms with Crippen LogP contribution in [0.3, 0.4) is 0 Å². The third kappa shape index (κ3) is 5.97. The number of amides is 1. The zero-order valence-corrected chi connectivity index (χ0v) is 19.2. The fourth-order valence-electron chi connectivity index (χ4n) is 2.66. The van der Waals surface area contributed by atoms with Gasteiger partial charge in [0.1, 0.15) is 5.75 Å². The van der Waals surface area contributed by atoms with E-state index in [2.05, 4.69) is 5.32 Å². The lowest BCUT2D eigenvalue weighted by Gasteiger charge is -2.24. The van der Waals surface area contributed by atoms with Crippen molar-refractivity contribution in [1.82, 2.24) is 5.32 Å². The van der Waals surface area contributed by atoms with E-state index in [1.807, 2.05) is 20.8 Å². The molecule has 0 bridgehead atoms. The number of nitrogens with one attached hydrogen (secondary N) is 1. The van der Waals surface area contributed by atoms with E-state index >= 15 is 0 Å². The van der Waals surface area contributed by atoms with Crippen LogP contribution >= 0.6 is 0 Å². The first-order chi connectivity index (χ1) is 14.5. The molecule has 0 saturated carbocycles. The molecule has 168 valence electrons. The molecule has 8 nitrogen and oxygen atoms in total. The number of carbonyl (C=O) groups is 2. The smallest absolute Gasteiger partial charge is 0.338 e. The molecule has 31 heavy (non-hydrogen) atoms. The lowest BCUT2D eigenvalue weighted by molar-refractivity contribution is -0.125. The third-order valence-electron chi connectivity index (χ3n) is 4.87. The molecule has 0 unspecified atom stereocenters. The van der Waals surface area contributed by atoms with Gasteiger partial charge in [-0.2, -0.15) is 0 Å². The molecular formula is C22H28N2O6S. The normalized spacial score (nSPS) is 11.5. The van der Waals surface area contributed by atoms with Crippen molar-refractivity contribution >= 4 is 27.6 Å². The van der Waals surface area contributed by atoms with Crippen molar-refractivity contribution in [3.63, 3.8) is 0 Å². The van der Waals surface area contributed by atoms with Gasteiger partial charge in [0.25, 0.3) is 15.9 Å². The van der Waals surface area contributed by atoms with Gasteiger partial charge in [-0.15, -0.1) is 0 Å². The van der Waals surface area contributed by atoms with Gasteiger partial charge in [0.05, 0.1) is 23.3 Å². The summed E-state index contributed by atoms with van der Waals surface area (Å²) in [5, 5.41) is 2.77. The van der Waals surface area contributed by atoms with Crippen LogP contribution in [-0.4, -0.2) is 46.6 Å². The van der Waals surface area contributed by atoms with E-state index in [-0.39, 0.29) is 10.5 Å². The lowest BCUT2D eigenvalue weighted by Crippen LogP contribution is -2.44. The van der Waals surface area contributed by atoms with E-state index in [9.17, 15) is 18.0 Å². The molecular weight excluding hydrogens is 420 g/mol. The van der Waals surface area contributed by atoms with Crippen LogP contribution < -0.4 is 14.4 Å².